The van der Waals surface area contributed by atoms with Crippen LogP contribution >= 0.6 is 0 Å². The number of carbonyl (C=O) groups is 1. The summed E-state index contributed by atoms with van der Waals surface area (Å²) in [5.74, 6) is -0.610. The molecule has 5 rings (SSSR count). The Kier molecular flexibility index (Phi) is 6.22. The van der Waals surface area contributed by atoms with Crippen LogP contribution in [0.1, 0.15) is 30.9 Å². The summed E-state index contributed by atoms with van der Waals surface area (Å²) < 4.78 is 37.3. The number of likely N-dealkylation sites (tertiary alicyclic amines) is 1. The Morgan fingerprint density at radius 2 is 1.92 bits per heavy atom. The molecule has 0 radical (unpaired) electrons. The van der Waals surface area contributed by atoms with Crippen molar-refractivity contribution in [3.05, 3.63) is 71.8 Å². The summed E-state index contributed by atoms with van der Waals surface area (Å²) >= 11 is 0. The molecule has 0 amide bonds. The normalized spacial score (nSPS) is 18.2. The maximum Gasteiger partial charge on any atom is 0.387 e. The summed E-state index contributed by atoms with van der Waals surface area (Å²) in [6.07, 6.45) is 1.20. The third-order valence-electron chi connectivity index (χ3n) is 7.05. The zero-order valence-electron chi connectivity index (χ0n) is 20.0. The van der Waals surface area contributed by atoms with Gasteiger partial charge in [0.05, 0.1) is 0 Å². The fourth-order valence-corrected chi connectivity index (χ4v) is 4.96. The summed E-state index contributed by atoms with van der Waals surface area (Å²) in [6, 6.07) is 18.9. The van der Waals surface area contributed by atoms with Crippen LogP contribution in [0.2, 0.25) is 0 Å². The van der Waals surface area contributed by atoms with E-state index in [2.05, 4.69) is 4.98 Å². The first kappa shape index (κ1) is 23.9. The van der Waals surface area contributed by atoms with E-state index < -0.39 is 18.1 Å². The molecule has 36 heavy (non-hydrogen) atoms. The molecule has 1 aromatic heterocycles. The van der Waals surface area contributed by atoms with Crippen LogP contribution in [0.25, 0.3) is 33.7 Å². The molecule has 186 valence electrons. The Bertz CT molecular complexity index is 1420. The topological polar surface area (TPSA) is 75.8 Å². The third-order valence-corrected chi connectivity index (χ3v) is 7.05. The van der Waals surface area contributed by atoms with Gasteiger partial charge in [0, 0.05) is 23.7 Å². The molecule has 2 heterocycles. The number of aliphatic carboxylic acids is 1. The smallest absolute Gasteiger partial charge is 0.387 e. The predicted molar refractivity (Wildman–Crippen MR) is 132 cm³/mol. The molecule has 1 unspecified atom stereocenters. The van der Waals surface area contributed by atoms with Crippen molar-refractivity contribution >= 4 is 17.1 Å². The van der Waals surface area contributed by atoms with E-state index in [4.69, 9.17) is 9.15 Å². The molecule has 1 aliphatic rings. The number of carboxylic acid groups (broad SMARTS) is 1. The lowest BCUT2D eigenvalue weighted by Crippen LogP contribution is -2.47. The second kappa shape index (κ2) is 9.35. The van der Waals surface area contributed by atoms with Gasteiger partial charge in [-0.25, -0.2) is 4.98 Å². The van der Waals surface area contributed by atoms with Gasteiger partial charge in [-0.3, -0.25) is 9.69 Å². The van der Waals surface area contributed by atoms with Crippen molar-refractivity contribution < 1.29 is 27.8 Å². The van der Waals surface area contributed by atoms with Crippen molar-refractivity contribution in [3.63, 3.8) is 0 Å². The molecular formula is C28H26F2N2O4. The van der Waals surface area contributed by atoms with Gasteiger partial charge in [0.2, 0.25) is 5.89 Å². The van der Waals surface area contributed by atoms with Gasteiger partial charge in [-0.1, -0.05) is 42.5 Å². The maximum absolute atomic E-state index is 13.2. The number of benzene rings is 3. The van der Waals surface area contributed by atoms with E-state index >= 15 is 0 Å². The summed E-state index contributed by atoms with van der Waals surface area (Å²) in [7, 11) is 0. The number of halogens is 2. The first-order chi connectivity index (χ1) is 17.3. The van der Waals surface area contributed by atoms with Gasteiger partial charge < -0.3 is 14.3 Å². The highest BCUT2D eigenvalue weighted by molar-refractivity contribution is 5.82. The van der Waals surface area contributed by atoms with Crippen LogP contribution in [-0.2, 0) is 11.3 Å². The number of aromatic nitrogens is 1. The highest BCUT2D eigenvalue weighted by atomic mass is 19.3. The molecule has 0 bridgehead atoms. The molecule has 0 spiro atoms. The summed E-state index contributed by atoms with van der Waals surface area (Å²) in [6.45, 7) is 1.31. The van der Waals surface area contributed by atoms with Crippen LogP contribution in [-0.4, -0.2) is 39.7 Å². The molecule has 0 aliphatic carbocycles. The number of rotatable bonds is 7. The number of fused-ring (bicyclic) bond motifs is 1. The minimum Gasteiger partial charge on any atom is -0.480 e. The minimum atomic E-state index is -3.03. The van der Waals surface area contributed by atoms with E-state index in [0.29, 0.717) is 41.9 Å². The molecule has 4 aromatic rings. The van der Waals surface area contributed by atoms with Crippen molar-refractivity contribution in [1.29, 1.82) is 0 Å². The highest BCUT2D eigenvalue weighted by Gasteiger charge is 2.43. The van der Waals surface area contributed by atoms with Crippen LogP contribution in [0.15, 0.2) is 65.1 Å². The molecule has 1 N–H and O–H groups in total. The minimum absolute atomic E-state index is 0.0467. The van der Waals surface area contributed by atoms with E-state index in [-0.39, 0.29) is 12.3 Å². The molecular weight excluding hydrogens is 466 g/mol. The van der Waals surface area contributed by atoms with E-state index in [9.17, 15) is 18.7 Å². The molecule has 6 nitrogen and oxygen atoms in total. The number of ether oxygens (including phenoxy) is 1. The number of nitrogens with zero attached hydrogens (tertiary/aromatic N) is 2. The second-order valence-corrected chi connectivity index (χ2v) is 9.27. The molecule has 1 aliphatic heterocycles. The van der Waals surface area contributed by atoms with Crippen LogP contribution in [0, 0.1) is 6.92 Å². The Balaban J connectivity index is 1.56. The molecule has 1 fully saturated rings. The summed E-state index contributed by atoms with van der Waals surface area (Å²) in [5.41, 5.74) is 4.05. The molecule has 1 saturated heterocycles. The van der Waals surface area contributed by atoms with Crippen molar-refractivity contribution in [2.45, 2.75) is 45.4 Å². The zero-order chi connectivity index (χ0) is 25.4. The second-order valence-electron chi connectivity index (χ2n) is 9.27. The lowest BCUT2D eigenvalue weighted by Gasteiger charge is -2.31. The summed E-state index contributed by atoms with van der Waals surface area (Å²) in [4.78, 5) is 18.3. The van der Waals surface area contributed by atoms with Crippen LogP contribution in [0.4, 0.5) is 8.78 Å². The van der Waals surface area contributed by atoms with Crippen molar-refractivity contribution in [1.82, 2.24) is 9.88 Å². The van der Waals surface area contributed by atoms with Crippen LogP contribution in [0.3, 0.4) is 0 Å². The fourth-order valence-electron chi connectivity index (χ4n) is 4.96. The molecule has 8 heteroatoms. The lowest BCUT2D eigenvalue weighted by atomic mass is 9.96. The number of oxazole rings is 1. The van der Waals surface area contributed by atoms with Crippen molar-refractivity contribution in [2.24, 2.45) is 0 Å². The quantitative estimate of drug-likeness (QED) is 0.317. The monoisotopic (exact) mass is 492 g/mol. The highest BCUT2D eigenvalue weighted by Crippen LogP contribution is 2.37. The van der Waals surface area contributed by atoms with Gasteiger partial charge in [0.25, 0.3) is 0 Å². The van der Waals surface area contributed by atoms with Crippen LogP contribution in [0.5, 0.6) is 5.75 Å². The number of alkyl halides is 2. The van der Waals surface area contributed by atoms with Gasteiger partial charge in [0.1, 0.15) is 16.8 Å². The van der Waals surface area contributed by atoms with E-state index in [0.717, 1.165) is 22.3 Å². The Morgan fingerprint density at radius 1 is 1.17 bits per heavy atom. The maximum atomic E-state index is 13.2. The first-order valence-corrected chi connectivity index (χ1v) is 11.8. The van der Waals surface area contributed by atoms with Gasteiger partial charge in [-0.2, -0.15) is 8.78 Å². The average molecular weight is 493 g/mol. The van der Waals surface area contributed by atoms with E-state index in [1.54, 1.807) is 17.9 Å². The number of hydrogen-bond acceptors (Lipinski definition) is 5. The van der Waals surface area contributed by atoms with Crippen LogP contribution < -0.4 is 4.74 Å². The standard InChI is InChI=1S/C28H26F2N2O4/c1-17-20(18-8-4-3-5-9-18)10-6-11-21(17)25-31-22-14-19(23(36-27(29)30)15-24(22)35-25)16-32-13-7-12-28(32,2)26(33)34/h3-6,8-11,14-15,27H,7,12-13,16H2,1-2H3,(H,33,34). The first-order valence-electron chi connectivity index (χ1n) is 11.8. The van der Waals surface area contributed by atoms with Crippen molar-refractivity contribution in [2.75, 3.05) is 6.54 Å². The molecule has 3 aromatic carbocycles. The summed E-state index contributed by atoms with van der Waals surface area (Å²) in [5, 5.41) is 9.75. The number of carboxylic acids is 1. The zero-order valence-corrected chi connectivity index (χ0v) is 20.0. The lowest BCUT2D eigenvalue weighted by molar-refractivity contribution is -0.149. The predicted octanol–water partition coefficient (Wildman–Crippen LogP) is 6.51. The van der Waals surface area contributed by atoms with E-state index in [1.807, 2.05) is 55.5 Å². The van der Waals surface area contributed by atoms with Crippen molar-refractivity contribution in [3.8, 4) is 28.3 Å². The Morgan fingerprint density at radius 3 is 2.64 bits per heavy atom. The Labute approximate surface area is 207 Å². The third kappa shape index (κ3) is 4.33. The fraction of sp³-hybridized carbons (Fsp3) is 0.286. The number of hydrogen-bond donors (Lipinski definition) is 1. The van der Waals surface area contributed by atoms with Gasteiger partial charge in [-0.15, -0.1) is 0 Å². The SMILES string of the molecule is Cc1c(-c2ccccc2)cccc1-c1nc2cc(CN3CCCC3(C)C(=O)O)c(OC(F)F)cc2o1. The average Bonchev–Trinajstić information content (AvgIpc) is 3.43. The van der Waals surface area contributed by atoms with E-state index in [1.165, 1.54) is 6.07 Å². The largest absolute Gasteiger partial charge is 0.480 e. The van der Waals surface area contributed by atoms with Gasteiger partial charge >= 0.3 is 12.6 Å². The van der Waals surface area contributed by atoms with Gasteiger partial charge in [0.15, 0.2) is 5.58 Å². The molecule has 1 atom stereocenters. The Hall–Kier alpha value is -3.78. The van der Waals surface area contributed by atoms with Gasteiger partial charge in [-0.05, 0) is 62.1 Å². The molecule has 0 saturated carbocycles.